The normalized spacial score (nSPS) is 12.0. The number of nitrogens with zero attached hydrogens (tertiary/aromatic N) is 4. The third kappa shape index (κ3) is 3.61. The van der Waals surface area contributed by atoms with Crippen molar-refractivity contribution in [2.24, 2.45) is 0 Å². The van der Waals surface area contributed by atoms with Crippen LogP contribution < -0.4 is 10.9 Å². The smallest absolute Gasteiger partial charge is 0.267 e. The molecule has 3 aromatic rings. The molecular formula is C17H16ClN5O2. The van der Waals surface area contributed by atoms with E-state index in [1.165, 1.54) is 10.7 Å². The second-order valence-electron chi connectivity index (χ2n) is 5.55. The van der Waals surface area contributed by atoms with Gasteiger partial charge in [0.05, 0.1) is 0 Å². The van der Waals surface area contributed by atoms with Gasteiger partial charge in [-0.3, -0.25) is 9.59 Å². The zero-order chi connectivity index (χ0) is 18.0. The van der Waals surface area contributed by atoms with Gasteiger partial charge in [0.2, 0.25) is 5.91 Å². The number of carbonyl (C=O) groups is 1. The first kappa shape index (κ1) is 16.9. The fourth-order valence-electron chi connectivity index (χ4n) is 2.30. The Kier molecular flexibility index (Phi) is 4.67. The van der Waals surface area contributed by atoms with E-state index in [2.05, 4.69) is 15.5 Å². The molecule has 8 heteroatoms. The molecule has 0 spiro atoms. The van der Waals surface area contributed by atoms with E-state index in [0.717, 1.165) is 10.2 Å². The van der Waals surface area contributed by atoms with Crippen molar-refractivity contribution in [3.8, 4) is 5.82 Å². The lowest BCUT2D eigenvalue weighted by Gasteiger charge is -2.16. The molecule has 2 aromatic heterocycles. The van der Waals surface area contributed by atoms with E-state index in [-0.39, 0.29) is 11.5 Å². The number of hydrogen-bond donors (Lipinski definition) is 1. The number of anilines is 1. The maximum absolute atomic E-state index is 12.6. The van der Waals surface area contributed by atoms with Crippen LogP contribution in [-0.2, 0) is 4.79 Å². The van der Waals surface area contributed by atoms with E-state index >= 15 is 0 Å². The summed E-state index contributed by atoms with van der Waals surface area (Å²) in [5.41, 5.74) is 1.09. The Hall–Kier alpha value is -2.93. The van der Waals surface area contributed by atoms with E-state index in [1.54, 1.807) is 43.6 Å². The number of amides is 1. The van der Waals surface area contributed by atoms with E-state index < -0.39 is 6.04 Å². The highest BCUT2D eigenvalue weighted by molar-refractivity contribution is 6.31. The van der Waals surface area contributed by atoms with Gasteiger partial charge in [0.1, 0.15) is 6.04 Å². The lowest BCUT2D eigenvalue weighted by Crippen LogP contribution is -2.33. The second kappa shape index (κ2) is 6.90. The Balaban J connectivity index is 1.88. The molecule has 1 unspecified atom stereocenters. The molecule has 1 amide bonds. The minimum atomic E-state index is -0.804. The summed E-state index contributed by atoms with van der Waals surface area (Å²) in [6.45, 7) is 3.47. The molecule has 2 heterocycles. The van der Waals surface area contributed by atoms with Gasteiger partial charge in [-0.2, -0.15) is 5.10 Å². The summed E-state index contributed by atoms with van der Waals surface area (Å²) in [5.74, 6) is 0.0840. The van der Waals surface area contributed by atoms with Gasteiger partial charge in [0, 0.05) is 29.2 Å². The van der Waals surface area contributed by atoms with Crippen LogP contribution in [0.15, 0.2) is 53.6 Å². The van der Waals surface area contributed by atoms with Crippen LogP contribution in [0.4, 0.5) is 5.69 Å². The Morgan fingerprint density at radius 2 is 2.08 bits per heavy atom. The molecule has 0 aliphatic carbocycles. The SMILES string of the molecule is Cc1ccc(Cl)cc1NC(=O)C(C)n1nc(-n2cccn2)ccc1=O. The number of benzene rings is 1. The largest absolute Gasteiger partial charge is 0.324 e. The summed E-state index contributed by atoms with van der Waals surface area (Å²) in [6.07, 6.45) is 3.31. The van der Waals surface area contributed by atoms with Gasteiger partial charge in [0.25, 0.3) is 5.56 Å². The van der Waals surface area contributed by atoms with Crippen molar-refractivity contribution >= 4 is 23.2 Å². The fraction of sp³-hybridized carbons (Fsp3) is 0.176. The van der Waals surface area contributed by atoms with Crippen molar-refractivity contribution < 1.29 is 4.79 Å². The Bertz CT molecular complexity index is 965. The van der Waals surface area contributed by atoms with Crippen LogP contribution in [0.1, 0.15) is 18.5 Å². The van der Waals surface area contributed by atoms with Crippen LogP contribution in [0.3, 0.4) is 0 Å². The number of halogens is 1. The first-order valence-corrected chi connectivity index (χ1v) is 8.00. The van der Waals surface area contributed by atoms with E-state index in [4.69, 9.17) is 11.6 Å². The van der Waals surface area contributed by atoms with Crippen LogP contribution in [-0.4, -0.2) is 25.5 Å². The standard InChI is InChI=1S/C17H16ClN5O2/c1-11-4-5-13(18)10-14(11)20-17(25)12(2)23-16(24)7-6-15(21-23)22-9-3-8-19-22/h3-10,12H,1-2H3,(H,20,25). The summed E-state index contributed by atoms with van der Waals surface area (Å²) in [5, 5.41) is 11.6. The summed E-state index contributed by atoms with van der Waals surface area (Å²) < 4.78 is 2.65. The zero-order valence-corrected chi connectivity index (χ0v) is 14.4. The number of carbonyl (C=O) groups excluding carboxylic acids is 1. The maximum Gasteiger partial charge on any atom is 0.267 e. The molecule has 0 saturated heterocycles. The van der Waals surface area contributed by atoms with Crippen molar-refractivity contribution in [3.05, 3.63) is 69.7 Å². The molecule has 25 heavy (non-hydrogen) atoms. The number of hydrogen-bond acceptors (Lipinski definition) is 4. The van der Waals surface area contributed by atoms with Gasteiger partial charge in [-0.1, -0.05) is 17.7 Å². The predicted molar refractivity (Wildman–Crippen MR) is 95.1 cm³/mol. The average molecular weight is 358 g/mol. The minimum Gasteiger partial charge on any atom is -0.324 e. The van der Waals surface area contributed by atoms with E-state index in [1.807, 2.05) is 13.0 Å². The fourth-order valence-corrected chi connectivity index (χ4v) is 2.47. The maximum atomic E-state index is 12.6. The van der Waals surface area contributed by atoms with Crippen LogP contribution in [0, 0.1) is 6.92 Å². The van der Waals surface area contributed by atoms with Gasteiger partial charge >= 0.3 is 0 Å². The predicted octanol–water partition coefficient (Wildman–Crippen LogP) is 2.59. The lowest BCUT2D eigenvalue weighted by molar-refractivity contribution is -0.119. The molecule has 0 aliphatic rings. The van der Waals surface area contributed by atoms with Gasteiger partial charge in [0.15, 0.2) is 5.82 Å². The Morgan fingerprint density at radius 1 is 1.28 bits per heavy atom. The number of aryl methyl sites for hydroxylation is 1. The number of aromatic nitrogens is 4. The first-order chi connectivity index (χ1) is 12.0. The molecule has 3 rings (SSSR count). The van der Waals surface area contributed by atoms with E-state index in [9.17, 15) is 9.59 Å². The van der Waals surface area contributed by atoms with Crippen molar-refractivity contribution in [3.63, 3.8) is 0 Å². The summed E-state index contributed by atoms with van der Waals surface area (Å²) >= 11 is 5.97. The minimum absolute atomic E-state index is 0.363. The molecule has 128 valence electrons. The van der Waals surface area contributed by atoms with Gasteiger partial charge in [-0.25, -0.2) is 9.36 Å². The van der Waals surface area contributed by atoms with Gasteiger partial charge in [-0.15, -0.1) is 5.10 Å². The Labute approximate surface area is 148 Å². The molecule has 0 fully saturated rings. The third-order valence-electron chi connectivity index (χ3n) is 3.75. The van der Waals surface area contributed by atoms with Crippen LogP contribution in [0.5, 0.6) is 0 Å². The monoisotopic (exact) mass is 357 g/mol. The topological polar surface area (TPSA) is 81.8 Å². The Morgan fingerprint density at radius 3 is 2.80 bits per heavy atom. The molecule has 0 radical (unpaired) electrons. The van der Waals surface area contributed by atoms with Crippen LogP contribution in [0.2, 0.25) is 5.02 Å². The van der Waals surface area contributed by atoms with E-state index in [0.29, 0.717) is 16.5 Å². The van der Waals surface area contributed by atoms with Gasteiger partial charge in [-0.05, 0) is 43.7 Å². The first-order valence-electron chi connectivity index (χ1n) is 7.62. The molecule has 1 aromatic carbocycles. The van der Waals surface area contributed by atoms with Crippen molar-refractivity contribution in [2.75, 3.05) is 5.32 Å². The number of rotatable bonds is 4. The van der Waals surface area contributed by atoms with Crippen LogP contribution >= 0.6 is 11.6 Å². The lowest BCUT2D eigenvalue weighted by atomic mass is 10.2. The molecular weight excluding hydrogens is 342 g/mol. The highest BCUT2D eigenvalue weighted by atomic mass is 35.5. The summed E-state index contributed by atoms with van der Waals surface area (Å²) in [6, 6.07) is 9.07. The van der Waals surface area contributed by atoms with Crippen LogP contribution in [0.25, 0.3) is 5.82 Å². The molecule has 1 atom stereocenters. The summed E-state index contributed by atoms with van der Waals surface area (Å²) in [4.78, 5) is 24.7. The van der Waals surface area contributed by atoms with Crippen molar-refractivity contribution in [2.45, 2.75) is 19.9 Å². The van der Waals surface area contributed by atoms with Gasteiger partial charge < -0.3 is 5.32 Å². The van der Waals surface area contributed by atoms with Crippen molar-refractivity contribution in [1.29, 1.82) is 0 Å². The highest BCUT2D eigenvalue weighted by Crippen LogP contribution is 2.21. The molecule has 0 bridgehead atoms. The highest BCUT2D eigenvalue weighted by Gasteiger charge is 2.19. The van der Waals surface area contributed by atoms with Crippen molar-refractivity contribution in [1.82, 2.24) is 19.6 Å². The average Bonchev–Trinajstić information content (AvgIpc) is 3.12. The third-order valence-corrected chi connectivity index (χ3v) is 3.99. The molecule has 7 nitrogen and oxygen atoms in total. The second-order valence-corrected chi connectivity index (χ2v) is 5.99. The number of nitrogens with one attached hydrogen (secondary N) is 1. The quantitative estimate of drug-likeness (QED) is 0.778. The summed E-state index contributed by atoms with van der Waals surface area (Å²) in [7, 11) is 0. The molecule has 0 aliphatic heterocycles. The molecule has 0 saturated carbocycles. The molecule has 1 N–H and O–H groups in total. The zero-order valence-electron chi connectivity index (χ0n) is 13.7.